The summed E-state index contributed by atoms with van der Waals surface area (Å²) >= 11 is 0. The van der Waals surface area contributed by atoms with Crippen LogP contribution in [0.25, 0.3) is 0 Å². The molecule has 56 valence electrons. The van der Waals surface area contributed by atoms with Crippen molar-refractivity contribution in [2.24, 2.45) is 0 Å². The molecule has 0 fully saturated rings. The molecule has 10 heavy (non-hydrogen) atoms. The summed E-state index contributed by atoms with van der Waals surface area (Å²) in [6, 6.07) is 0. The number of carbonyl (C=O) groups excluding carboxylic acids is 1. The van der Waals surface area contributed by atoms with E-state index in [1.807, 2.05) is 13.0 Å². The zero-order chi connectivity index (χ0) is 7.56. The highest BCUT2D eigenvalue weighted by molar-refractivity contribution is 5.90. The van der Waals surface area contributed by atoms with Crippen LogP contribution < -0.4 is 0 Å². The smallest absolute Gasteiger partial charge is 0.334 e. The minimum Gasteiger partial charge on any atom is -0.455 e. The first-order valence-corrected chi connectivity index (χ1v) is 3.65. The number of carbonyl (C=O) groups is 1. The van der Waals surface area contributed by atoms with E-state index in [4.69, 9.17) is 4.74 Å². The highest BCUT2D eigenvalue weighted by Crippen LogP contribution is 2.17. The van der Waals surface area contributed by atoms with Crippen molar-refractivity contribution >= 4 is 5.97 Å². The molecular weight excluding hydrogens is 128 g/mol. The normalized spacial score (nSPS) is 24.4. The Kier molecular flexibility index (Phi) is 2.10. The maximum atomic E-state index is 10.9. The number of esters is 1. The largest absolute Gasteiger partial charge is 0.455 e. The fourth-order valence-corrected chi connectivity index (χ4v) is 1.08. The van der Waals surface area contributed by atoms with Crippen LogP contribution in [0.3, 0.4) is 0 Å². The molecule has 0 saturated heterocycles. The Morgan fingerprint density at radius 1 is 1.70 bits per heavy atom. The predicted molar refractivity (Wildman–Crippen MR) is 38.5 cm³/mol. The Hall–Kier alpha value is -0.790. The van der Waals surface area contributed by atoms with E-state index in [0.29, 0.717) is 0 Å². The fourth-order valence-electron chi connectivity index (χ4n) is 1.08. The summed E-state index contributed by atoms with van der Waals surface area (Å²) in [5.74, 6) is -0.130. The number of hydrogen-bond acceptors (Lipinski definition) is 2. The lowest BCUT2D eigenvalue weighted by Gasteiger charge is -1.97. The van der Waals surface area contributed by atoms with Crippen LogP contribution >= 0.6 is 0 Å². The molecule has 0 N–H and O–H groups in total. The second kappa shape index (κ2) is 2.86. The van der Waals surface area contributed by atoms with Gasteiger partial charge in [-0.1, -0.05) is 13.3 Å². The summed E-state index contributed by atoms with van der Waals surface area (Å²) in [7, 11) is 0. The first-order valence-electron chi connectivity index (χ1n) is 3.65. The van der Waals surface area contributed by atoms with E-state index in [1.165, 1.54) is 0 Å². The van der Waals surface area contributed by atoms with Crippen LogP contribution in [-0.2, 0) is 9.53 Å². The molecule has 0 saturated carbocycles. The van der Waals surface area contributed by atoms with Crippen molar-refractivity contribution in [3.8, 4) is 0 Å². The summed E-state index contributed by atoms with van der Waals surface area (Å²) in [5.41, 5.74) is 0.843. The topological polar surface area (TPSA) is 26.3 Å². The van der Waals surface area contributed by atoms with Gasteiger partial charge < -0.3 is 4.74 Å². The molecule has 2 heteroatoms. The molecule has 0 bridgehead atoms. The van der Waals surface area contributed by atoms with Gasteiger partial charge in [0.05, 0.1) is 0 Å². The molecule has 1 unspecified atom stereocenters. The van der Waals surface area contributed by atoms with Crippen molar-refractivity contribution in [2.45, 2.75) is 32.8 Å². The third kappa shape index (κ3) is 1.38. The van der Waals surface area contributed by atoms with Crippen LogP contribution in [0.1, 0.15) is 26.7 Å². The van der Waals surface area contributed by atoms with Crippen molar-refractivity contribution in [3.05, 3.63) is 11.6 Å². The van der Waals surface area contributed by atoms with Crippen LogP contribution in [0.15, 0.2) is 11.6 Å². The predicted octanol–water partition coefficient (Wildman–Crippen LogP) is 1.66. The lowest BCUT2D eigenvalue weighted by Crippen LogP contribution is -2.03. The quantitative estimate of drug-likeness (QED) is 0.545. The van der Waals surface area contributed by atoms with Crippen molar-refractivity contribution < 1.29 is 9.53 Å². The molecule has 1 aliphatic rings. The van der Waals surface area contributed by atoms with Gasteiger partial charge in [-0.05, 0) is 19.4 Å². The third-order valence-electron chi connectivity index (χ3n) is 1.51. The summed E-state index contributed by atoms with van der Waals surface area (Å²) in [6.45, 7) is 3.93. The highest BCUT2D eigenvalue weighted by Gasteiger charge is 2.20. The Labute approximate surface area is 60.9 Å². The second-order valence-corrected chi connectivity index (χ2v) is 2.55. The van der Waals surface area contributed by atoms with Gasteiger partial charge in [-0.15, -0.1) is 0 Å². The van der Waals surface area contributed by atoms with Gasteiger partial charge in [0.1, 0.15) is 6.10 Å². The first kappa shape index (κ1) is 7.32. The van der Waals surface area contributed by atoms with E-state index in [1.54, 1.807) is 0 Å². The molecule has 1 atom stereocenters. The van der Waals surface area contributed by atoms with Gasteiger partial charge in [-0.25, -0.2) is 4.79 Å². The summed E-state index contributed by atoms with van der Waals surface area (Å²) in [6.07, 6.45) is 3.75. The van der Waals surface area contributed by atoms with Crippen molar-refractivity contribution in [3.63, 3.8) is 0 Å². The average molecular weight is 140 g/mol. The van der Waals surface area contributed by atoms with E-state index in [0.717, 1.165) is 18.4 Å². The molecule has 1 rings (SSSR count). The van der Waals surface area contributed by atoms with E-state index in [-0.39, 0.29) is 12.1 Å². The molecule has 0 spiro atoms. The minimum absolute atomic E-state index is 0.00551. The molecule has 0 aromatic heterocycles. The molecule has 2 nitrogen and oxygen atoms in total. The van der Waals surface area contributed by atoms with Crippen molar-refractivity contribution in [2.75, 3.05) is 0 Å². The Morgan fingerprint density at radius 2 is 2.40 bits per heavy atom. The lowest BCUT2D eigenvalue weighted by molar-refractivity contribution is -0.139. The summed E-state index contributed by atoms with van der Waals surface area (Å²) in [5, 5.41) is 0. The van der Waals surface area contributed by atoms with E-state index in [2.05, 4.69) is 6.92 Å². The minimum atomic E-state index is -0.130. The molecule has 1 aliphatic heterocycles. The fraction of sp³-hybridized carbons (Fsp3) is 0.625. The maximum absolute atomic E-state index is 10.9. The van der Waals surface area contributed by atoms with E-state index in [9.17, 15) is 4.79 Å². The molecule has 0 aliphatic carbocycles. The van der Waals surface area contributed by atoms with Gasteiger partial charge in [-0.2, -0.15) is 0 Å². The monoisotopic (exact) mass is 140 g/mol. The molecule has 0 radical (unpaired) electrons. The van der Waals surface area contributed by atoms with Crippen LogP contribution in [0, 0.1) is 0 Å². The molecular formula is C8H12O2. The standard InChI is InChI=1S/C8H12O2/c1-3-4-7-5-6(2)10-8(7)9/h5-6H,3-4H2,1-2H3. The van der Waals surface area contributed by atoms with Crippen LogP contribution in [0.2, 0.25) is 0 Å². The Bertz CT molecular complexity index is 170. The van der Waals surface area contributed by atoms with Gasteiger partial charge in [0, 0.05) is 5.57 Å². The van der Waals surface area contributed by atoms with Crippen LogP contribution in [0.4, 0.5) is 0 Å². The zero-order valence-electron chi connectivity index (χ0n) is 6.39. The Morgan fingerprint density at radius 3 is 2.80 bits per heavy atom. The number of ether oxygens (including phenoxy) is 1. The first-order chi connectivity index (χ1) is 4.74. The average Bonchev–Trinajstić information content (AvgIpc) is 2.13. The van der Waals surface area contributed by atoms with Gasteiger partial charge in [0.15, 0.2) is 0 Å². The van der Waals surface area contributed by atoms with Gasteiger partial charge >= 0.3 is 5.97 Å². The van der Waals surface area contributed by atoms with Gasteiger partial charge in [0.25, 0.3) is 0 Å². The molecule has 1 heterocycles. The zero-order valence-corrected chi connectivity index (χ0v) is 6.39. The molecule has 0 amide bonds. The van der Waals surface area contributed by atoms with Crippen LogP contribution in [0.5, 0.6) is 0 Å². The van der Waals surface area contributed by atoms with E-state index >= 15 is 0 Å². The van der Waals surface area contributed by atoms with Gasteiger partial charge in [0.2, 0.25) is 0 Å². The highest BCUT2D eigenvalue weighted by atomic mass is 16.5. The third-order valence-corrected chi connectivity index (χ3v) is 1.51. The molecule has 0 aromatic carbocycles. The van der Waals surface area contributed by atoms with Crippen molar-refractivity contribution in [1.29, 1.82) is 0 Å². The molecule has 0 aromatic rings. The van der Waals surface area contributed by atoms with Crippen molar-refractivity contribution in [1.82, 2.24) is 0 Å². The number of cyclic esters (lactones) is 1. The van der Waals surface area contributed by atoms with Crippen LogP contribution in [-0.4, -0.2) is 12.1 Å². The second-order valence-electron chi connectivity index (χ2n) is 2.55. The Balaban J connectivity index is 2.57. The number of rotatable bonds is 2. The summed E-state index contributed by atoms with van der Waals surface area (Å²) in [4.78, 5) is 10.9. The number of hydrogen-bond donors (Lipinski definition) is 0. The maximum Gasteiger partial charge on any atom is 0.334 e. The SMILES string of the molecule is CCCC1=CC(C)OC1=O. The van der Waals surface area contributed by atoms with Gasteiger partial charge in [-0.3, -0.25) is 0 Å². The van der Waals surface area contributed by atoms with E-state index < -0.39 is 0 Å². The summed E-state index contributed by atoms with van der Waals surface area (Å²) < 4.78 is 4.89. The lowest BCUT2D eigenvalue weighted by atomic mass is 10.1.